The molecule has 4 rings (SSSR count). The molecule has 0 bridgehead atoms. The van der Waals surface area contributed by atoms with E-state index in [2.05, 4.69) is 30.3 Å². The van der Waals surface area contributed by atoms with Gasteiger partial charge in [-0.3, -0.25) is 13.9 Å². The lowest BCUT2D eigenvalue weighted by Gasteiger charge is -2.12. The molecule has 2 heterocycles. The molecular weight excluding hydrogens is 592 g/mol. The molecule has 2 aromatic heterocycles. The number of aromatic nitrogens is 3. The van der Waals surface area contributed by atoms with Crippen LogP contribution in [0.3, 0.4) is 0 Å². The number of aromatic amines is 1. The highest BCUT2D eigenvalue weighted by molar-refractivity contribution is 5.83. The van der Waals surface area contributed by atoms with Gasteiger partial charge in [-0.2, -0.15) is 4.98 Å². The highest BCUT2D eigenvalue weighted by atomic mass is 19.4. The van der Waals surface area contributed by atoms with E-state index in [9.17, 15) is 22.4 Å². The Morgan fingerprint density at radius 1 is 1.02 bits per heavy atom. The third kappa shape index (κ3) is 10.3. The van der Waals surface area contributed by atoms with Crippen molar-refractivity contribution in [3.8, 4) is 22.7 Å². The number of guanidine groups is 1. The zero-order valence-corrected chi connectivity index (χ0v) is 24.8. The summed E-state index contributed by atoms with van der Waals surface area (Å²) in [5, 5.41) is 6.95. The first-order valence-electron chi connectivity index (χ1n) is 14.8. The summed E-state index contributed by atoms with van der Waals surface area (Å²) in [5.41, 5.74) is 14.4. The van der Waals surface area contributed by atoms with E-state index in [4.69, 9.17) is 11.5 Å². The number of rotatable bonds is 16. The summed E-state index contributed by atoms with van der Waals surface area (Å²) in [7, 11) is 0. The molecule has 0 radical (unpaired) electrons. The summed E-state index contributed by atoms with van der Waals surface area (Å²) in [5.74, 6) is -0.00774. The van der Waals surface area contributed by atoms with Gasteiger partial charge in [-0.25, -0.2) is 4.79 Å². The maximum absolute atomic E-state index is 13.0. The van der Waals surface area contributed by atoms with Crippen LogP contribution in [0.15, 0.2) is 64.5 Å². The van der Waals surface area contributed by atoms with Crippen LogP contribution in [-0.2, 0) is 13.0 Å². The van der Waals surface area contributed by atoms with Gasteiger partial charge in [-0.1, -0.05) is 12.1 Å². The van der Waals surface area contributed by atoms with Gasteiger partial charge in [0.25, 0.3) is 0 Å². The quantitative estimate of drug-likeness (QED) is 0.0537. The number of nitrogens with one attached hydrogen (secondary N) is 3. The number of nitrogens with zero attached hydrogens (tertiary/aromatic N) is 3. The maximum atomic E-state index is 13.0. The number of hydrogen-bond acceptors (Lipinski definition) is 6. The number of halogens is 4. The fourth-order valence-electron chi connectivity index (χ4n) is 4.71. The first-order valence-corrected chi connectivity index (χ1v) is 14.8. The number of fused-ring (bicyclic) bond motifs is 1. The predicted octanol–water partition coefficient (Wildman–Crippen LogP) is 4.30. The number of benzene rings is 2. The molecule has 4 aromatic rings. The minimum Gasteiger partial charge on any atom is -0.406 e. The molecule has 0 saturated carbocycles. The Labute approximate surface area is 257 Å². The molecule has 0 atom stereocenters. The zero-order chi connectivity index (χ0) is 32.2. The largest absolute Gasteiger partial charge is 0.573 e. The van der Waals surface area contributed by atoms with Crippen molar-refractivity contribution in [2.45, 2.75) is 45.0 Å². The normalized spacial score (nSPS) is 12.2. The number of alkyl halides is 4. The summed E-state index contributed by atoms with van der Waals surface area (Å²) in [4.78, 5) is 24.2. The molecule has 0 saturated heterocycles. The molecule has 0 unspecified atom stereocenters. The number of aliphatic imine (C=N–C) groups is 1. The summed E-state index contributed by atoms with van der Waals surface area (Å²) in [6.07, 6.45) is -0.00385. The van der Waals surface area contributed by atoms with Gasteiger partial charge in [0, 0.05) is 42.5 Å². The fraction of sp³-hybridized carbons (Fsp3) is 0.387. The molecule has 242 valence electrons. The standard InChI is InChI=1S/C31H38F4N8O2/c32-10-3-13-39-29(37)40-14-4-12-38-19-21-6-8-25(9-7-21)43-20-24-18-27(41-28(24)42-30(43)44)23-15-22(5-1-2-11-36)16-26(17-23)45-31(33,34)35/h6-9,15-18,20,38H,1-5,10-14,19,36H2,(H3,37,39,40)(H,41,42,44). The summed E-state index contributed by atoms with van der Waals surface area (Å²) in [6.45, 7) is 2.44. The molecule has 0 fully saturated rings. The van der Waals surface area contributed by atoms with Gasteiger partial charge in [0.15, 0.2) is 5.96 Å². The van der Waals surface area contributed by atoms with E-state index in [0.717, 1.165) is 31.4 Å². The second-order valence-corrected chi connectivity index (χ2v) is 10.5. The Balaban J connectivity index is 1.42. The fourth-order valence-corrected chi connectivity index (χ4v) is 4.71. The molecule has 45 heavy (non-hydrogen) atoms. The minimum atomic E-state index is -4.83. The van der Waals surface area contributed by atoms with Crippen molar-refractivity contribution < 1.29 is 22.3 Å². The van der Waals surface area contributed by atoms with Gasteiger partial charge < -0.3 is 31.8 Å². The average molecular weight is 631 g/mol. The molecule has 14 heteroatoms. The molecule has 10 nitrogen and oxygen atoms in total. The molecule has 0 aliphatic carbocycles. The number of unbranched alkanes of at least 4 members (excludes halogenated alkanes) is 1. The van der Waals surface area contributed by atoms with Crippen LogP contribution in [-0.4, -0.2) is 59.7 Å². The smallest absolute Gasteiger partial charge is 0.406 e. The molecule has 0 amide bonds. The lowest BCUT2D eigenvalue weighted by Crippen LogP contribution is -2.33. The van der Waals surface area contributed by atoms with Crippen LogP contribution in [0, 0.1) is 0 Å². The van der Waals surface area contributed by atoms with Crippen molar-refractivity contribution in [1.82, 2.24) is 25.2 Å². The van der Waals surface area contributed by atoms with Crippen molar-refractivity contribution in [2.75, 3.05) is 32.9 Å². The highest BCUT2D eigenvalue weighted by Crippen LogP contribution is 2.31. The van der Waals surface area contributed by atoms with Crippen LogP contribution in [0.25, 0.3) is 28.0 Å². The van der Waals surface area contributed by atoms with Gasteiger partial charge in [0.2, 0.25) is 0 Å². The van der Waals surface area contributed by atoms with Gasteiger partial charge in [0.05, 0.1) is 12.4 Å². The van der Waals surface area contributed by atoms with Crippen LogP contribution in [0.2, 0.25) is 0 Å². The Bertz CT molecular complexity index is 1620. The van der Waals surface area contributed by atoms with Crippen molar-refractivity contribution in [3.63, 3.8) is 0 Å². The van der Waals surface area contributed by atoms with E-state index in [1.807, 2.05) is 24.3 Å². The van der Waals surface area contributed by atoms with E-state index in [1.165, 1.54) is 16.7 Å². The van der Waals surface area contributed by atoms with Gasteiger partial charge in [-0.05, 0) is 92.7 Å². The topological polar surface area (TPSA) is 148 Å². The average Bonchev–Trinajstić information content (AvgIpc) is 3.41. The Morgan fingerprint density at radius 2 is 1.82 bits per heavy atom. The molecule has 0 aliphatic heterocycles. The monoisotopic (exact) mass is 630 g/mol. The van der Waals surface area contributed by atoms with E-state index >= 15 is 0 Å². The van der Waals surface area contributed by atoms with Gasteiger partial charge >= 0.3 is 12.1 Å². The highest BCUT2D eigenvalue weighted by Gasteiger charge is 2.31. The second kappa shape index (κ2) is 16.0. The molecular formula is C31H38F4N8O2. The van der Waals surface area contributed by atoms with E-state index < -0.39 is 18.7 Å². The Kier molecular flexibility index (Phi) is 11.9. The number of hydrogen-bond donors (Lipinski definition) is 5. The van der Waals surface area contributed by atoms with Gasteiger partial charge in [0.1, 0.15) is 11.4 Å². The maximum Gasteiger partial charge on any atom is 0.573 e. The third-order valence-corrected chi connectivity index (χ3v) is 6.89. The number of nitrogens with two attached hydrogens (primary N) is 2. The van der Waals surface area contributed by atoms with E-state index in [0.29, 0.717) is 78.5 Å². The molecule has 2 aromatic carbocycles. The van der Waals surface area contributed by atoms with Crippen LogP contribution in [0.4, 0.5) is 17.6 Å². The first-order chi connectivity index (χ1) is 21.6. The SMILES string of the molecule is NCCCCc1cc(OC(F)(F)F)cc(-c2cc3cn(-c4ccc(CNCCCNC(N)=NCCCF)cc4)c(=O)nc3[nH]2)c1. The summed E-state index contributed by atoms with van der Waals surface area (Å²) < 4.78 is 56.8. The summed E-state index contributed by atoms with van der Waals surface area (Å²) in [6, 6.07) is 13.7. The Morgan fingerprint density at radius 3 is 2.56 bits per heavy atom. The van der Waals surface area contributed by atoms with Crippen LogP contribution in [0.1, 0.15) is 36.8 Å². The van der Waals surface area contributed by atoms with E-state index in [-0.39, 0.29) is 5.75 Å². The molecule has 0 spiro atoms. The van der Waals surface area contributed by atoms with Crippen LogP contribution in [0.5, 0.6) is 5.75 Å². The van der Waals surface area contributed by atoms with Crippen molar-refractivity contribution >= 4 is 17.0 Å². The summed E-state index contributed by atoms with van der Waals surface area (Å²) >= 11 is 0. The number of aryl methyl sites for hydroxylation is 1. The minimum absolute atomic E-state index is 0.311. The van der Waals surface area contributed by atoms with Crippen LogP contribution >= 0.6 is 0 Å². The van der Waals surface area contributed by atoms with Crippen molar-refractivity contribution in [3.05, 3.63) is 76.3 Å². The van der Waals surface area contributed by atoms with Crippen LogP contribution < -0.4 is 32.5 Å². The predicted molar refractivity (Wildman–Crippen MR) is 167 cm³/mol. The number of ether oxygens (including phenoxy) is 1. The Hall–Kier alpha value is -4.43. The molecule has 7 N–H and O–H groups in total. The first kappa shape index (κ1) is 33.5. The lowest BCUT2D eigenvalue weighted by atomic mass is 10.0. The van der Waals surface area contributed by atoms with E-state index in [1.54, 1.807) is 18.3 Å². The molecule has 0 aliphatic rings. The third-order valence-electron chi connectivity index (χ3n) is 6.89. The van der Waals surface area contributed by atoms with Gasteiger partial charge in [-0.15, -0.1) is 13.2 Å². The van der Waals surface area contributed by atoms with Crippen molar-refractivity contribution in [2.24, 2.45) is 16.5 Å². The number of H-pyrrole nitrogens is 1. The second-order valence-electron chi connectivity index (χ2n) is 10.5. The lowest BCUT2D eigenvalue weighted by molar-refractivity contribution is -0.274. The van der Waals surface area contributed by atoms with Crippen molar-refractivity contribution in [1.29, 1.82) is 0 Å². The zero-order valence-electron chi connectivity index (χ0n) is 24.8.